The van der Waals surface area contributed by atoms with Gasteiger partial charge in [0, 0.05) is 26.7 Å². The van der Waals surface area contributed by atoms with Crippen molar-refractivity contribution in [2.75, 3.05) is 20.1 Å². The van der Waals surface area contributed by atoms with Crippen LogP contribution in [-0.2, 0) is 22.6 Å². The van der Waals surface area contributed by atoms with Gasteiger partial charge in [0.1, 0.15) is 5.60 Å². The second-order valence-corrected chi connectivity index (χ2v) is 7.46. The van der Waals surface area contributed by atoms with Gasteiger partial charge in [0.2, 0.25) is 0 Å². The Morgan fingerprint density at radius 1 is 1.04 bits per heavy atom. The fourth-order valence-corrected chi connectivity index (χ4v) is 2.08. The summed E-state index contributed by atoms with van der Waals surface area (Å²) in [5, 5.41) is 9.10. The van der Waals surface area contributed by atoms with Crippen LogP contribution in [0.2, 0.25) is 0 Å². The molecule has 160 valence electrons. The fourth-order valence-electron chi connectivity index (χ4n) is 2.08. The zero-order valence-corrected chi connectivity index (χ0v) is 20.1. The molecule has 0 aromatic heterocycles. The van der Waals surface area contributed by atoms with Crippen LogP contribution in [0.25, 0.3) is 0 Å². The van der Waals surface area contributed by atoms with Crippen LogP contribution >= 0.6 is 24.0 Å². The summed E-state index contributed by atoms with van der Waals surface area (Å²) < 4.78 is 10.8. The van der Waals surface area contributed by atoms with Crippen molar-refractivity contribution in [2.45, 2.75) is 59.5 Å². The number of rotatable bonds is 8. The number of guanidine groups is 1. The number of hydrogen-bond acceptors (Lipinski definition) is 4. The molecule has 0 unspecified atom stereocenters. The van der Waals surface area contributed by atoms with Gasteiger partial charge in [-0.1, -0.05) is 24.3 Å². The second kappa shape index (κ2) is 13.6. The number of nitrogens with zero attached hydrogens (tertiary/aromatic N) is 1. The molecule has 0 atom stereocenters. The molecule has 0 bridgehead atoms. The minimum Gasteiger partial charge on any atom is -0.444 e. The second-order valence-electron chi connectivity index (χ2n) is 7.46. The van der Waals surface area contributed by atoms with E-state index in [1.165, 1.54) is 0 Å². The normalized spacial score (nSPS) is 11.6. The van der Waals surface area contributed by atoms with Gasteiger partial charge in [-0.25, -0.2) is 4.79 Å². The quantitative estimate of drug-likeness (QED) is 0.218. The van der Waals surface area contributed by atoms with Crippen LogP contribution in [0.1, 0.15) is 45.7 Å². The van der Waals surface area contributed by atoms with E-state index in [-0.39, 0.29) is 30.1 Å². The molecule has 0 heterocycles. The molecule has 1 amide bonds. The van der Waals surface area contributed by atoms with Crippen LogP contribution in [0.4, 0.5) is 4.79 Å². The summed E-state index contributed by atoms with van der Waals surface area (Å²) in [4.78, 5) is 15.8. The molecule has 0 aliphatic carbocycles. The average Bonchev–Trinajstić information content (AvgIpc) is 2.58. The molecule has 28 heavy (non-hydrogen) atoms. The van der Waals surface area contributed by atoms with Crippen molar-refractivity contribution in [1.82, 2.24) is 16.0 Å². The Kier molecular flexibility index (Phi) is 12.8. The fraction of sp³-hybridized carbons (Fsp3) is 0.600. The Hall–Kier alpha value is -1.55. The molecule has 0 saturated carbocycles. The van der Waals surface area contributed by atoms with Crippen LogP contribution in [0, 0.1) is 0 Å². The summed E-state index contributed by atoms with van der Waals surface area (Å²) >= 11 is 0. The Morgan fingerprint density at radius 3 is 2.14 bits per heavy atom. The predicted molar refractivity (Wildman–Crippen MR) is 124 cm³/mol. The molecule has 1 aromatic rings. The molecule has 0 spiro atoms. The number of halogens is 1. The third-order valence-electron chi connectivity index (χ3n) is 3.38. The minimum atomic E-state index is -0.494. The van der Waals surface area contributed by atoms with Crippen LogP contribution in [0.5, 0.6) is 0 Å². The number of hydrogen-bond donors (Lipinski definition) is 3. The van der Waals surface area contributed by atoms with Crippen molar-refractivity contribution in [1.29, 1.82) is 0 Å². The lowest BCUT2D eigenvalue weighted by Gasteiger charge is -2.20. The highest BCUT2D eigenvalue weighted by Gasteiger charge is 2.15. The maximum Gasteiger partial charge on any atom is 0.407 e. The number of carbonyl (C=O) groups is 1. The van der Waals surface area contributed by atoms with Crippen LogP contribution in [0.3, 0.4) is 0 Å². The van der Waals surface area contributed by atoms with E-state index in [0.29, 0.717) is 32.2 Å². The molecular formula is C20H35IN4O3. The number of alkyl carbamates (subject to hydrolysis) is 1. The molecule has 0 aliphatic rings. The average molecular weight is 506 g/mol. The number of ether oxygens (including phenoxy) is 2. The monoisotopic (exact) mass is 506 g/mol. The molecule has 0 saturated heterocycles. The molecule has 1 aromatic carbocycles. The summed E-state index contributed by atoms with van der Waals surface area (Å²) in [6.07, 6.45) is -0.195. The Labute approximate surface area is 186 Å². The van der Waals surface area contributed by atoms with E-state index in [0.717, 1.165) is 11.1 Å². The van der Waals surface area contributed by atoms with Crippen molar-refractivity contribution in [3.63, 3.8) is 0 Å². The largest absolute Gasteiger partial charge is 0.444 e. The standard InChI is InChI=1S/C20H34N4O3.HI/c1-15(2)26-14-17-9-7-16(8-10-17)13-24-18(21-6)22-11-12-23-19(25)27-20(3,4)5;/h7-10,15H,11-14H2,1-6H3,(H,23,25)(H2,21,22,24);1H. The molecule has 0 fully saturated rings. The first-order valence-corrected chi connectivity index (χ1v) is 9.30. The van der Waals surface area contributed by atoms with Crippen LogP contribution < -0.4 is 16.0 Å². The number of nitrogens with one attached hydrogen (secondary N) is 3. The van der Waals surface area contributed by atoms with E-state index in [4.69, 9.17) is 9.47 Å². The highest BCUT2D eigenvalue weighted by atomic mass is 127. The smallest absolute Gasteiger partial charge is 0.407 e. The van der Waals surface area contributed by atoms with Gasteiger partial charge < -0.3 is 25.4 Å². The SMILES string of the molecule is CN=C(NCCNC(=O)OC(C)(C)C)NCc1ccc(COC(C)C)cc1.I. The van der Waals surface area contributed by atoms with E-state index < -0.39 is 11.7 Å². The van der Waals surface area contributed by atoms with Gasteiger partial charge in [0.25, 0.3) is 0 Å². The lowest BCUT2D eigenvalue weighted by Crippen LogP contribution is -2.42. The number of amides is 1. The Balaban J connectivity index is 0.00000729. The molecule has 7 nitrogen and oxygen atoms in total. The van der Waals surface area contributed by atoms with E-state index in [9.17, 15) is 4.79 Å². The number of benzene rings is 1. The predicted octanol–water partition coefficient (Wildman–Crippen LogP) is 3.42. The van der Waals surface area contributed by atoms with Crippen molar-refractivity contribution in [3.8, 4) is 0 Å². The zero-order valence-electron chi connectivity index (χ0n) is 17.8. The van der Waals surface area contributed by atoms with Crippen LogP contribution in [0.15, 0.2) is 29.3 Å². The summed E-state index contributed by atoms with van der Waals surface area (Å²) in [7, 11) is 1.71. The summed E-state index contributed by atoms with van der Waals surface area (Å²) in [5.41, 5.74) is 1.81. The maximum atomic E-state index is 11.6. The van der Waals surface area contributed by atoms with Crippen molar-refractivity contribution in [3.05, 3.63) is 35.4 Å². The molecule has 1 rings (SSSR count). The summed E-state index contributed by atoms with van der Waals surface area (Å²) in [6, 6.07) is 8.29. The van der Waals surface area contributed by atoms with Gasteiger partial charge in [-0.05, 0) is 45.7 Å². The first kappa shape index (κ1) is 26.4. The van der Waals surface area contributed by atoms with E-state index >= 15 is 0 Å². The zero-order chi connectivity index (χ0) is 20.3. The van der Waals surface area contributed by atoms with Crippen LogP contribution in [-0.4, -0.2) is 43.9 Å². The van der Waals surface area contributed by atoms with Gasteiger partial charge in [0.05, 0.1) is 12.7 Å². The molecule has 3 N–H and O–H groups in total. The molecular weight excluding hydrogens is 471 g/mol. The maximum absolute atomic E-state index is 11.6. The molecule has 8 heteroatoms. The van der Waals surface area contributed by atoms with Crippen molar-refractivity contribution in [2.24, 2.45) is 4.99 Å². The van der Waals surface area contributed by atoms with E-state index in [1.807, 2.05) is 34.6 Å². The summed E-state index contributed by atoms with van der Waals surface area (Å²) in [5.74, 6) is 0.674. The van der Waals surface area contributed by atoms with Crippen molar-refractivity contribution >= 4 is 36.0 Å². The highest BCUT2D eigenvalue weighted by molar-refractivity contribution is 14.0. The Bertz CT molecular complexity index is 598. The number of carbonyl (C=O) groups excluding carboxylic acids is 1. The third-order valence-corrected chi connectivity index (χ3v) is 3.38. The van der Waals surface area contributed by atoms with Gasteiger partial charge in [-0.2, -0.15) is 0 Å². The van der Waals surface area contributed by atoms with E-state index in [2.05, 4.69) is 45.2 Å². The lowest BCUT2D eigenvalue weighted by molar-refractivity contribution is 0.0528. The highest BCUT2D eigenvalue weighted by Crippen LogP contribution is 2.07. The van der Waals surface area contributed by atoms with Gasteiger partial charge in [0.15, 0.2) is 5.96 Å². The van der Waals surface area contributed by atoms with Gasteiger partial charge in [-0.3, -0.25) is 4.99 Å². The molecule has 0 aliphatic heterocycles. The number of aliphatic imine (C=N–C) groups is 1. The summed E-state index contributed by atoms with van der Waals surface area (Å²) in [6.45, 7) is 11.8. The first-order chi connectivity index (χ1) is 12.7. The Morgan fingerprint density at radius 2 is 1.61 bits per heavy atom. The van der Waals surface area contributed by atoms with Crippen molar-refractivity contribution < 1.29 is 14.3 Å². The van der Waals surface area contributed by atoms with Gasteiger partial charge in [-0.15, -0.1) is 24.0 Å². The first-order valence-electron chi connectivity index (χ1n) is 9.30. The minimum absolute atomic E-state index is 0. The topological polar surface area (TPSA) is 84.0 Å². The van der Waals surface area contributed by atoms with Gasteiger partial charge >= 0.3 is 6.09 Å². The van der Waals surface area contributed by atoms with E-state index in [1.54, 1.807) is 7.05 Å². The lowest BCUT2D eigenvalue weighted by atomic mass is 10.1. The molecule has 0 radical (unpaired) electrons. The third kappa shape index (κ3) is 12.8.